The Bertz CT molecular complexity index is 552. The minimum atomic E-state index is -5.12. The zero-order valence-corrected chi connectivity index (χ0v) is 12.0. The molecular formula is C9H15NO8S2. The summed E-state index contributed by atoms with van der Waals surface area (Å²) in [5, 5.41) is 11.8. The number of hydrogen-bond donors (Lipinski definition) is 4. The van der Waals surface area contributed by atoms with Gasteiger partial charge in [0.2, 0.25) is 0 Å². The fourth-order valence-corrected chi connectivity index (χ4v) is 1.84. The normalized spacial score (nSPS) is 13.2. The molecule has 116 valence electrons. The van der Waals surface area contributed by atoms with Crippen LogP contribution in [0.25, 0.3) is 0 Å². The van der Waals surface area contributed by atoms with Gasteiger partial charge in [0.25, 0.3) is 0 Å². The average molecular weight is 329 g/mol. The first-order valence-electron chi connectivity index (χ1n) is 5.11. The van der Waals surface area contributed by atoms with Crippen LogP contribution in [0.3, 0.4) is 0 Å². The zero-order chi connectivity index (χ0) is 15.8. The molecule has 0 amide bonds. The maximum Gasteiger partial charge on any atom is 0.413 e. The van der Waals surface area contributed by atoms with Gasteiger partial charge in [0.15, 0.2) is 0 Å². The lowest BCUT2D eigenvalue weighted by molar-refractivity contribution is 0.155. The van der Waals surface area contributed by atoms with Crippen LogP contribution in [0.4, 0.5) is 0 Å². The van der Waals surface area contributed by atoms with Crippen molar-refractivity contribution in [1.82, 2.24) is 5.32 Å². The predicted octanol–water partition coefficient (Wildman–Crippen LogP) is -0.277. The topological polar surface area (TPSA) is 150 Å². The second kappa shape index (κ2) is 8.26. The Balaban J connectivity index is 0.000000370. The lowest BCUT2D eigenvalue weighted by Crippen LogP contribution is -2.24. The van der Waals surface area contributed by atoms with Gasteiger partial charge < -0.3 is 5.11 Å². The van der Waals surface area contributed by atoms with Gasteiger partial charge in [0.05, 0.1) is 0 Å². The van der Waals surface area contributed by atoms with E-state index in [0.29, 0.717) is 0 Å². The van der Waals surface area contributed by atoms with Gasteiger partial charge in [-0.25, -0.2) is 0 Å². The van der Waals surface area contributed by atoms with E-state index in [1.165, 1.54) is 5.56 Å². The van der Waals surface area contributed by atoms with Crippen LogP contribution in [0.1, 0.15) is 12.5 Å². The van der Waals surface area contributed by atoms with E-state index in [9.17, 15) is 16.8 Å². The molecule has 0 heterocycles. The van der Waals surface area contributed by atoms with Crippen molar-refractivity contribution >= 4 is 20.8 Å². The van der Waals surface area contributed by atoms with Crippen molar-refractivity contribution < 1.29 is 34.7 Å². The summed E-state index contributed by atoms with van der Waals surface area (Å²) in [4.78, 5) is 0. The number of hydrogen-bond acceptors (Lipinski definition) is 7. The molecule has 0 spiro atoms. The summed E-state index contributed by atoms with van der Waals surface area (Å²) in [6.07, 6.45) is -0.435. The van der Waals surface area contributed by atoms with Crippen LogP contribution in [0, 0.1) is 0 Å². The van der Waals surface area contributed by atoms with E-state index in [0.717, 1.165) is 6.54 Å². The summed E-state index contributed by atoms with van der Waals surface area (Å²) >= 11 is 0. The molecule has 0 aliphatic rings. The Morgan fingerprint density at radius 3 is 1.85 bits per heavy atom. The van der Waals surface area contributed by atoms with Crippen molar-refractivity contribution in [2.45, 2.75) is 19.7 Å². The molecule has 9 nitrogen and oxygen atoms in total. The molecule has 0 saturated carbocycles. The third kappa shape index (κ3) is 13.4. The molecule has 0 bridgehead atoms. The summed E-state index contributed by atoms with van der Waals surface area (Å²) in [6.45, 7) is 2.43. The van der Waals surface area contributed by atoms with Crippen LogP contribution in [0.15, 0.2) is 30.3 Å². The van der Waals surface area contributed by atoms with E-state index in [2.05, 4.69) is 8.95 Å². The molecule has 0 aromatic heterocycles. The molecule has 1 aromatic rings. The van der Waals surface area contributed by atoms with Crippen molar-refractivity contribution in [2.24, 2.45) is 0 Å². The van der Waals surface area contributed by atoms with Crippen LogP contribution in [-0.2, 0) is 31.0 Å². The molecule has 1 unspecified atom stereocenters. The molecule has 0 aliphatic carbocycles. The standard InChI is InChI=1S/C9H13NO.H2O7S2/c1-8(11)10-7-9-5-3-2-4-6-9;1-8(2,3)7-9(4,5)6/h2-6,8,10-11H,7H2,1H3;(H,1,2,3)(H,4,5,6). The van der Waals surface area contributed by atoms with E-state index in [4.69, 9.17) is 14.2 Å². The van der Waals surface area contributed by atoms with Gasteiger partial charge in [-0.05, 0) is 12.5 Å². The van der Waals surface area contributed by atoms with E-state index in [-0.39, 0.29) is 0 Å². The highest BCUT2D eigenvalue weighted by Gasteiger charge is 2.15. The second-order valence-electron chi connectivity index (χ2n) is 3.47. The van der Waals surface area contributed by atoms with Gasteiger partial charge in [0, 0.05) is 6.54 Å². The van der Waals surface area contributed by atoms with Crippen molar-refractivity contribution in [3.05, 3.63) is 35.9 Å². The van der Waals surface area contributed by atoms with E-state index in [1.807, 2.05) is 30.3 Å². The minimum absolute atomic E-state index is 0.435. The first-order valence-corrected chi connectivity index (χ1v) is 7.84. The van der Waals surface area contributed by atoms with E-state index < -0.39 is 27.0 Å². The quantitative estimate of drug-likeness (QED) is 0.422. The SMILES string of the molecule is CC(O)NCc1ccccc1.O=S(=O)(O)OS(=O)(=O)O. The van der Waals surface area contributed by atoms with Gasteiger partial charge in [-0.2, -0.15) is 16.8 Å². The molecule has 11 heteroatoms. The smallest absolute Gasteiger partial charge is 0.379 e. The molecule has 0 aliphatic heterocycles. The average Bonchev–Trinajstić information content (AvgIpc) is 2.23. The zero-order valence-electron chi connectivity index (χ0n) is 10.4. The number of aliphatic hydroxyl groups is 1. The van der Waals surface area contributed by atoms with Gasteiger partial charge in [-0.1, -0.05) is 30.3 Å². The first kappa shape index (κ1) is 18.9. The van der Waals surface area contributed by atoms with Crippen molar-refractivity contribution in [3.8, 4) is 0 Å². The summed E-state index contributed by atoms with van der Waals surface area (Å²) in [6, 6.07) is 9.99. The van der Waals surface area contributed by atoms with Crippen molar-refractivity contribution in [1.29, 1.82) is 0 Å². The van der Waals surface area contributed by atoms with Crippen LogP contribution >= 0.6 is 0 Å². The van der Waals surface area contributed by atoms with Gasteiger partial charge in [-0.3, -0.25) is 14.4 Å². The number of rotatable bonds is 5. The molecule has 0 fully saturated rings. The summed E-state index contributed by atoms with van der Waals surface area (Å²) in [5.41, 5.74) is 1.19. The lowest BCUT2D eigenvalue weighted by atomic mass is 10.2. The first-order chi connectivity index (χ1) is 8.99. The number of aliphatic hydroxyl groups excluding tert-OH is 1. The second-order valence-corrected chi connectivity index (χ2v) is 5.72. The van der Waals surface area contributed by atoms with Crippen molar-refractivity contribution in [3.63, 3.8) is 0 Å². The predicted molar refractivity (Wildman–Crippen MR) is 69.1 cm³/mol. The molecule has 0 radical (unpaired) electrons. The van der Waals surface area contributed by atoms with Crippen molar-refractivity contribution in [2.75, 3.05) is 0 Å². The number of nitrogens with one attached hydrogen (secondary N) is 1. The van der Waals surface area contributed by atoms with Gasteiger partial charge in [-0.15, -0.1) is 3.63 Å². The summed E-state index contributed by atoms with van der Waals surface area (Å²) in [7, 11) is -10.2. The van der Waals surface area contributed by atoms with Crippen LogP contribution in [0.5, 0.6) is 0 Å². The van der Waals surface area contributed by atoms with E-state index in [1.54, 1.807) is 6.92 Å². The van der Waals surface area contributed by atoms with Gasteiger partial charge in [0.1, 0.15) is 6.23 Å². The monoisotopic (exact) mass is 329 g/mol. The van der Waals surface area contributed by atoms with Crippen LogP contribution < -0.4 is 5.32 Å². The van der Waals surface area contributed by atoms with Gasteiger partial charge >= 0.3 is 20.8 Å². The largest absolute Gasteiger partial charge is 0.413 e. The highest BCUT2D eigenvalue weighted by Crippen LogP contribution is 1.97. The number of benzene rings is 1. The summed E-state index contributed by atoms with van der Waals surface area (Å²) < 4.78 is 55.6. The Labute approximate surface area is 117 Å². The third-order valence-electron chi connectivity index (χ3n) is 1.62. The lowest BCUT2D eigenvalue weighted by Gasteiger charge is -2.06. The Kier molecular flexibility index (Phi) is 7.82. The Hall–Kier alpha value is -1.08. The molecule has 0 saturated heterocycles. The molecular weight excluding hydrogens is 314 g/mol. The fourth-order valence-electron chi connectivity index (χ4n) is 0.970. The Morgan fingerprint density at radius 2 is 1.55 bits per heavy atom. The maximum atomic E-state index is 9.44. The highest BCUT2D eigenvalue weighted by molar-refractivity contribution is 7.94. The van der Waals surface area contributed by atoms with Crippen LogP contribution in [0.2, 0.25) is 0 Å². The minimum Gasteiger partial charge on any atom is -0.379 e. The summed E-state index contributed by atoms with van der Waals surface area (Å²) in [5.74, 6) is 0. The fraction of sp³-hybridized carbons (Fsp3) is 0.333. The third-order valence-corrected chi connectivity index (χ3v) is 2.99. The van der Waals surface area contributed by atoms with E-state index >= 15 is 0 Å². The van der Waals surface area contributed by atoms with Crippen LogP contribution in [-0.4, -0.2) is 37.3 Å². The molecule has 1 atom stereocenters. The maximum absolute atomic E-state index is 9.44. The highest BCUT2D eigenvalue weighted by atomic mass is 32.3. The Morgan fingerprint density at radius 1 is 1.10 bits per heavy atom. The molecule has 1 aromatic carbocycles. The molecule has 20 heavy (non-hydrogen) atoms. The molecule has 4 N–H and O–H groups in total. The molecule has 1 rings (SSSR count).